The number of aromatic amines is 1. The van der Waals surface area contributed by atoms with Gasteiger partial charge in [0.1, 0.15) is 11.2 Å². The Labute approximate surface area is 177 Å². The Morgan fingerprint density at radius 1 is 1.16 bits per heavy atom. The lowest BCUT2D eigenvalue weighted by Gasteiger charge is -2.33. The molecule has 0 aliphatic carbocycles. The van der Waals surface area contributed by atoms with Crippen LogP contribution < -0.4 is 21.4 Å². The molecule has 0 saturated carbocycles. The van der Waals surface area contributed by atoms with Crippen LogP contribution in [0.2, 0.25) is 0 Å². The summed E-state index contributed by atoms with van der Waals surface area (Å²) in [6, 6.07) is 7.63. The van der Waals surface area contributed by atoms with E-state index in [-0.39, 0.29) is 10.9 Å². The van der Waals surface area contributed by atoms with Crippen molar-refractivity contribution < 1.29 is 4.79 Å². The molecule has 9 heteroatoms. The largest absolute Gasteiger partial charge is 0.365 e. The predicted molar refractivity (Wildman–Crippen MR) is 119 cm³/mol. The molecular formula is C22H23N7O2. The van der Waals surface area contributed by atoms with Crippen molar-refractivity contribution in [3.8, 4) is 0 Å². The van der Waals surface area contributed by atoms with Crippen molar-refractivity contribution in [3.05, 3.63) is 46.2 Å². The summed E-state index contributed by atoms with van der Waals surface area (Å²) in [7, 11) is 0. The summed E-state index contributed by atoms with van der Waals surface area (Å²) in [4.78, 5) is 40.0. The molecule has 2 aliphatic heterocycles. The molecule has 2 aliphatic rings. The number of nitrogens with one attached hydrogen (secondary N) is 2. The highest BCUT2D eigenvalue weighted by molar-refractivity contribution is 6.04. The summed E-state index contributed by atoms with van der Waals surface area (Å²) >= 11 is 0. The average Bonchev–Trinajstić information content (AvgIpc) is 3.35. The summed E-state index contributed by atoms with van der Waals surface area (Å²) in [5.74, 6) is -0.152. The molecule has 0 atom stereocenters. The second-order valence-corrected chi connectivity index (χ2v) is 8.72. The zero-order valence-electron chi connectivity index (χ0n) is 17.0. The van der Waals surface area contributed by atoms with E-state index >= 15 is 0 Å². The van der Waals surface area contributed by atoms with Crippen molar-refractivity contribution in [1.82, 2.24) is 24.7 Å². The molecule has 9 nitrogen and oxygen atoms in total. The standard InChI is InChI=1S/C22H23N7O2/c23-18(31)16-17(30)13-11-25-21(28-10-7-22(12-28)5-8-24-9-6-22)27-19(13)29-15-4-2-1-3-14(15)26-20(16)29/h1-4,11,24,26H,5-10,12H2,(H2,23,31). The Bertz CT molecular complexity index is 1410. The molecule has 158 valence electrons. The molecule has 31 heavy (non-hydrogen) atoms. The zero-order valence-corrected chi connectivity index (χ0v) is 17.0. The number of nitrogens with two attached hydrogens (primary N) is 1. The van der Waals surface area contributed by atoms with Crippen LogP contribution in [-0.2, 0) is 0 Å². The van der Waals surface area contributed by atoms with Crippen molar-refractivity contribution in [2.75, 3.05) is 31.1 Å². The van der Waals surface area contributed by atoms with E-state index in [9.17, 15) is 9.59 Å². The van der Waals surface area contributed by atoms with Crippen LogP contribution in [0, 0.1) is 5.41 Å². The fourth-order valence-corrected chi connectivity index (χ4v) is 5.26. The highest BCUT2D eigenvalue weighted by Crippen LogP contribution is 2.39. The second-order valence-electron chi connectivity index (χ2n) is 8.72. The third kappa shape index (κ3) is 2.66. The highest BCUT2D eigenvalue weighted by atomic mass is 16.2. The Balaban J connectivity index is 1.58. The molecule has 3 aromatic heterocycles. The van der Waals surface area contributed by atoms with E-state index in [2.05, 4.69) is 20.2 Å². The molecule has 2 fully saturated rings. The van der Waals surface area contributed by atoms with E-state index in [0.29, 0.717) is 22.7 Å². The third-order valence-electron chi connectivity index (χ3n) is 6.93. The second kappa shape index (κ2) is 6.52. The quantitative estimate of drug-likeness (QED) is 0.453. The topological polar surface area (TPSA) is 121 Å². The molecule has 5 heterocycles. The molecule has 1 amide bonds. The van der Waals surface area contributed by atoms with Gasteiger partial charge in [0.25, 0.3) is 5.91 Å². The van der Waals surface area contributed by atoms with E-state index in [0.717, 1.165) is 56.5 Å². The van der Waals surface area contributed by atoms with Crippen molar-refractivity contribution >= 4 is 39.6 Å². The van der Waals surface area contributed by atoms with Gasteiger partial charge in [0.2, 0.25) is 11.4 Å². The fraction of sp³-hybridized carbons (Fsp3) is 0.364. The molecule has 1 spiro atoms. The number of para-hydroxylation sites is 2. The van der Waals surface area contributed by atoms with Gasteiger partial charge in [-0.15, -0.1) is 0 Å². The summed E-state index contributed by atoms with van der Waals surface area (Å²) in [5, 5.41) is 3.73. The first-order valence-electron chi connectivity index (χ1n) is 10.6. The summed E-state index contributed by atoms with van der Waals surface area (Å²) < 4.78 is 1.81. The van der Waals surface area contributed by atoms with Gasteiger partial charge in [-0.3, -0.25) is 14.0 Å². The van der Waals surface area contributed by atoms with Crippen molar-refractivity contribution in [2.45, 2.75) is 19.3 Å². The minimum absolute atomic E-state index is 0.0742. The van der Waals surface area contributed by atoms with Crippen LogP contribution in [-0.4, -0.2) is 51.4 Å². The maximum absolute atomic E-state index is 13.1. The molecular weight excluding hydrogens is 394 g/mol. The first-order chi connectivity index (χ1) is 15.1. The number of piperidine rings is 1. The van der Waals surface area contributed by atoms with Crippen molar-refractivity contribution in [3.63, 3.8) is 0 Å². The highest BCUT2D eigenvalue weighted by Gasteiger charge is 2.39. The summed E-state index contributed by atoms with van der Waals surface area (Å²) in [6.07, 6.45) is 4.98. The van der Waals surface area contributed by atoms with Crippen LogP contribution in [0.3, 0.4) is 0 Å². The number of amides is 1. The number of nitrogens with zero attached hydrogens (tertiary/aromatic N) is 4. The van der Waals surface area contributed by atoms with Crippen molar-refractivity contribution in [1.29, 1.82) is 0 Å². The Kier molecular flexibility index (Phi) is 3.85. The number of rotatable bonds is 2. The van der Waals surface area contributed by atoms with E-state index in [4.69, 9.17) is 10.7 Å². The number of imidazole rings is 1. The van der Waals surface area contributed by atoms with Crippen molar-refractivity contribution in [2.24, 2.45) is 11.1 Å². The number of benzene rings is 1. The molecule has 4 aromatic rings. The van der Waals surface area contributed by atoms with Gasteiger partial charge in [-0.05, 0) is 49.9 Å². The minimum Gasteiger partial charge on any atom is -0.365 e. The third-order valence-corrected chi connectivity index (χ3v) is 6.93. The van der Waals surface area contributed by atoms with Gasteiger partial charge >= 0.3 is 0 Å². The lowest BCUT2D eigenvalue weighted by molar-refractivity contribution is 0.100. The van der Waals surface area contributed by atoms with Crippen LogP contribution in [0.1, 0.15) is 29.6 Å². The normalized spacial score (nSPS) is 18.5. The average molecular weight is 417 g/mol. The maximum Gasteiger partial charge on any atom is 0.256 e. The number of primary amides is 1. The van der Waals surface area contributed by atoms with Gasteiger partial charge in [-0.1, -0.05) is 12.1 Å². The monoisotopic (exact) mass is 417 g/mol. The Morgan fingerprint density at radius 2 is 1.97 bits per heavy atom. The minimum atomic E-state index is -0.771. The molecule has 2 saturated heterocycles. The number of carbonyl (C=O) groups excluding carboxylic acids is 1. The van der Waals surface area contributed by atoms with Crippen LogP contribution >= 0.6 is 0 Å². The first kappa shape index (κ1) is 18.3. The van der Waals surface area contributed by atoms with E-state index in [1.54, 1.807) is 0 Å². The number of hydrogen-bond donors (Lipinski definition) is 3. The number of hydrogen-bond acceptors (Lipinski definition) is 6. The number of fused-ring (bicyclic) bond motifs is 5. The van der Waals surface area contributed by atoms with Gasteiger partial charge in [0.05, 0.1) is 16.4 Å². The number of pyridine rings is 1. The molecule has 4 N–H and O–H groups in total. The summed E-state index contributed by atoms with van der Waals surface area (Å²) in [5.41, 5.74) is 7.84. The smallest absolute Gasteiger partial charge is 0.256 e. The van der Waals surface area contributed by atoms with Crippen LogP contribution in [0.25, 0.3) is 27.7 Å². The van der Waals surface area contributed by atoms with E-state index < -0.39 is 11.3 Å². The number of H-pyrrole nitrogens is 1. The lowest BCUT2D eigenvalue weighted by Crippen LogP contribution is -2.39. The van der Waals surface area contributed by atoms with Gasteiger partial charge in [0.15, 0.2) is 5.65 Å². The first-order valence-corrected chi connectivity index (χ1v) is 10.6. The maximum atomic E-state index is 13.1. The zero-order chi connectivity index (χ0) is 21.2. The van der Waals surface area contributed by atoms with Crippen LogP contribution in [0.5, 0.6) is 0 Å². The van der Waals surface area contributed by atoms with Gasteiger partial charge in [0, 0.05) is 19.3 Å². The Morgan fingerprint density at radius 3 is 2.77 bits per heavy atom. The van der Waals surface area contributed by atoms with Gasteiger partial charge < -0.3 is 20.9 Å². The number of carbonyl (C=O) groups is 1. The Hall–Kier alpha value is -3.46. The molecule has 0 unspecified atom stereocenters. The van der Waals surface area contributed by atoms with Gasteiger partial charge in [-0.2, -0.15) is 4.98 Å². The number of aromatic nitrogens is 4. The molecule has 0 radical (unpaired) electrons. The number of anilines is 1. The predicted octanol–water partition coefficient (Wildman–Crippen LogP) is 1.40. The van der Waals surface area contributed by atoms with Crippen LogP contribution in [0.15, 0.2) is 35.3 Å². The fourth-order valence-electron chi connectivity index (χ4n) is 5.26. The molecule has 6 rings (SSSR count). The van der Waals surface area contributed by atoms with Crippen LogP contribution in [0.4, 0.5) is 5.95 Å². The van der Waals surface area contributed by atoms with Gasteiger partial charge in [-0.25, -0.2) is 4.98 Å². The summed E-state index contributed by atoms with van der Waals surface area (Å²) in [6.45, 7) is 3.92. The lowest BCUT2D eigenvalue weighted by atomic mass is 9.78. The van der Waals surface area contributed by atoms with E-state index in [1.807, 2.05) is 28.7 Å². The molecule has 1 aromatic carbocycles. The SMILES string of the molecule is NC(=O)c1c(=O)c2cnc(N3CCC4(CCNCC4)C3)nc2n2c1[nH]c1ccccc12. The van der Waals surface area contributed by atoms with E-state index in [1.165, 1.54) is 6.20 Å². The molecule has 0 bridgehead atoms.